The summed E-state index contributed by atoms with van der Waals surface area (Å²) in [6.07, 6.45) is 2.84. The number of hydrogen-bond donors (Lipinski definition) is 3. The second-order valence-electron chi connectivity index (χ2n) is 4.42. The summed E-state index contributed by atoms with van der Waals surface area (Å²) in [5, 5.41) is 7.62. The topological polar surface area (TPSA) is 131 Å². The Morgan fingerprint density at radius 1 is 1.43 bits per heavy atom. The molecule has 9 nitrogen and oxygen atoms in total. The predicted octanol–water partition coefficient (Wildman–Crippen LogP) is 2.81. The number of nitrogens with one attached hydrogen (secondary N) is 2. The molecule has 2 aromatic heterocycles. The van der Waals surface area contributed by atoms with E-state index in [-0.39, 0.29) is 17.0 Å². The minimum absolute atomic E-state index is 0.00876. The molecule has 0 fully saturated rings. The Kier molecular flexibility index (Phi) is 3.77. The van der Waals surface area contributed by atoms with Crippen LogP contribution in [-0.2, 0) is 4.84 Å². The van der Waals surface area contributed by atoms with Crippen molar-refractivity contribution in [1.29, 1.82) is 5.53 Å². The van der Waals surface area contributed by atoms with Gasteiger partial charge in [-0.2, -0.15) is 5.11 Å². The Morgan fingerprint density at radius 3 is 3.00 bits per heavy atom. The number of halogens is 1. The van der Waals surface area contributed by atoms with Crippen LogP contribution in [-0.4, -0.2) is 20.6 Å². The molecule has 116 valence electrons. The molecular formula is C13H10ClN7O2. The zero-order chi connectivity index (χ0) is 16.4. The number of carbonyl (C=O) groups is 1. The number of para-hydroxylation sites is 2. The van der Waals surface area contributed by atoms with Gasteiger partial charge < -0.3 is 10.6 Å². The fraction of sp³-hybridized carbons (Fsp3) is 0. The molecule has 0 saturated heterocycles. The van der Waals surface area contributed by atoms with Crippen molar-refractivity contribution >= 4 is 40.4 Å². The summed E-state index contributed by atoms with van der Waals surface area (Å²) in [5.74, 6) is -0.808. The van der Waals surface area contributed by atoms with Gasteiger partial charge in [0.2, 0.25) is 0 Å². The Hall–Kier alpha value is -3.20. The van der Waals surface area contributed by atoms with Crippen molar-refractivity contribution in [2.45, 2.75) is 0 Å². The average Bonchev–Trinajstić information content (AvgIpc) is 2.87. The number of benzene rings is 1. The van der Waals surface area contributed by atoms with Crippen LogP contribution >= 0.6 is 11.6 Å². The highest BCUT2D eigenvalue weighted by Crippen LogP contribution is 2.25. The average molecular weight is 332 g/mol. The van der Waals surface area contributed by atoms with E-state index in [9.17, 15) is 4.79 Å². The number of aromatic nitrogens is 3. The second-order valence-corrected chi connectivity index (χ2v) is 4.86. The van der Waals surface area contributed by atoms with Crippen molar-refractivity contribution in [1.82, 2.24) is 14.6 Å². The molecular weight excluding hydrogens is 322 g/mol. The Bertz CT molecular complexity index is 908. The molecule has 0 amide bonds. The zero-order valence-electron chi connectivity index (χ0n) is 11.5. The highest BCUT2D eigenvalue weighted by molar-refractivity contribution is 6.30. The fourth-order valence-corrected chi connectivity index (χ4v) is 2.08. The highest BCUT2D eigenvalue weighted by Gasteiger charge is 2.21. The minimum Gasteiger partial charge on any atom is -0.381 e. The van der Waals surface area contributed by atoms with E-state index in [0.29, 0.717) is 16.4 Å². The van der Waals surface area contributed by atoms with E-state index in [0.717, 1.165) is 0 Å². The van der Waals surface area contributed by atoms with E-state index >= 15 is 0 Å². The van der Waals surface area contributed by atoms with E-state index in [4.69, 9.17) is 27.7 Å². The maximum absolute atomic E-state index is 12.2. The second kappa shape index (κ2) is 5.89. The first-order valence-electron chi connectivity index (χ1n) is 6.33. The monoisotopic (exact) mass is 331 g/mol. The maximum Gasteiger partial charge on any atom is 0.370 e. The van der Waals surface area contributed by atoms with Crippen LogP contribution in [0.2, 0.25) is 5.02 Å². The molecule has 10 heteroatoms. The third-order valence-corrected chi connectivity index (χ3v) is 3.15. The first kappa shape index (κ1) is 14.7. The molecule has 23 heavy (non-hydrogen) atoms. The molecule has 4 N–H and O–H groups in total. The van der Waals surface area contributed by atoms with Crippen LogP contribution in [0.1, 0.15) is 10.4 Å². The molecule has 3 aromatic rings. The van der Waals surface area contributed by atoms with Crippen LogP contribution in [0.15, 0.2) is 41.8 Å². The Morgan fingerprint density at radius 2 is 2.22 bits per heavy atom. The van der Waals surface area contributed by atoms with Gasteiger partial charge in [0.15, 0.2) is 17.0 Å². The van der Waals surface area contributed by atoms with Crippen molar-refractivity contribution in [2.75, 3.05) is 11.2 Å². The summed E-state index contributed by atoms with van der Waals surface area (Å²) in [6.45, 7) is 0. The standard InChI is InChI=1S/C13H10ClN7O2/c14-7-5-17-12-10(11(15)19-21(12)6-7)13(22)23-20-9-4-2-1-3-8(9)18-16/h1-6,16,20H,(H2,15,19). The predicted molar refractivity (Wildman–Crippen MR) is 82.7 cm³/mol. The van der Waals surface area contributed by atoms with Crippen LogP contribution in [0.5, 0.6) is 0 Å². The van der Waals surface area contributed by atoms with Gasteiger partial charge in [0.25, 0.3) is 0 Å². The Balaban J connectivity index is 1.86. The Labute approximate surface area is 134 Å². The number of nitrogens with zero attached hydrogens (tertiary/aromatic N) is 4. The van der Waals surface area contributed by atoms with Crippen LogP contribution in [0, 0.1) is 5.53 Å². The van der Waals surface area contributed by atoms with Crippen LogP contribution in [0.3, 0.4) is 0 Å². The molecule has 0 saturated carbocycles. The van der Waals surface area contributed by atoms with Gasteiger partial charge in [-0.25, -0.2) is 25.3 Å². The van der Waals surface area contributed by atoms with Crippen molar-refractivity contribution in [3.63, 3.8) is 0 Å². The lowest BCUT2D eigenvalue weighted by Crippen LogP contribution is -2.12. The van der Waals surface area contributed by atoms with E-state index in [1.165, 1.54) is 16.9 Å². The molecule has 1 aromatic carbocycles. The summed E-state index contributed by atoms with van der Waals surface area (Å²) in [6, 6.07) is 6.61. The first-order chi connectivity index (χ1) is 11.1. The van der Waals surface area contributed by atoms with Gasteiger partial charge in [-0.1, -0.05) is 23.7 Å². The number of nitrogen functional groups attached to an aromatic ring is 1. The van der Waals surface area contributed by atoms with Gasteiger partial charge >= 0.3 is 5.97 Å². The molecule has 0 unspecified atom stereocenters. The quantitative estimate of drug-likeness (QED) is 0.497. The van der Waals surface area contributed by atoms with Crippen molar-refractivity contribution in [2.24, 2.45) is 5.11 Å². The molecule has 0 spiro atoms. The highest BCUT2D eigenvalue weighted by atomic mass is 35.5. The third-order valence-electron chi connectivity index (χ3n) is 2.95. The van der Waals surface area contributed by atoms with Gasteiger partial charge in [-0.15, -0.1) is 5.10 Å². The van der Waals surface area contributed by atoms with E-state index < -0.39 is 5.97 Å². The summed E-state index contributed by atoms with van der Waals surface area (Å²) >= 11 is 5.81. The van der Waals surface area contributed by atoms with Crippen LogP contribution < -0.4 is 11.2 Å². The lowest BCUT2D eigenvalue weighted by Gasteiger charge is -2.07. The number of rotatable bonds is 4. The number of anilines is 2. The largest absolute Gasteiger partial charge is 0.381 e. The van der Waals surface area contributed by atoms with Crippen molar-refractivity contribution in [3.8, 4) is 0 Å². The summed E-state index contributed by atoms with van der Waals surface area (Å²) < 4.78 is 1.29. The number of hydrogen-bond acceptors (Lipinski definition) is 8. The third kappa shape index (κ3) is 2.77. The molecule has 0 aliphatic carbocycles. The van der Waals surface area contributed by atoms with Crippen LogP contribution in [0.25, 0.3) is 5.65 Å². The smallest absolute Gasteiger partial charge is 0.370 e. The molecule has 0 aliphatic heterocycles. The fourth-order valence-electron chi connectivity index (χ4n) is 1.93. The molecule has 0 radical (unpaired) electrons. The molecule has 3 rings (SSSR count). The number of carbonyl (C=O) groups excluding carboxylic acids is 1. The van der Waals surface area contributed by atoms with Gasteiger partial charge in [0, 0.05) is 6.20 Å². The van der Waals surface area contributed by atoms with Gasteiger partial charge in [-0.05, 0) is 12.1 Å². The number of nitrogens with two attached hydrogens (primary N) is 1. The molecule has 0 bridgehead atoms. The van der Waals surface area contributed by atoms with E-state index in [1.54, 1.807) is 24.3 Å². The van der Waals surface area contributed by atoms with Gasteiger partial charge in [-0.3, -0.25) is 0 Å². The van der Waals surface area contributed by atoms with Gasteiger partial charge in [0.05, 0.1) is 16.9 Å². The molecule has 0 aliphatic rings. The SMILES string of the molecule is N=Nc1ccccc1NOC(=O)c1c(N)nn2cc(Cl)cnc12. The lowest BCUT2D eigenvalue weighted by atomic mass is 10.3. The first-order valence-corrected chi connectivity index (χ1v) is 6.71. The lowest BCUT2D eigenvalue weighted by molar-refractivity contribution is 0.0600. The molecule has 0 atom stereocenters. The normalized spacial score (nSPS) is 10.5. The van der Waals surface area contributed by atoms with Crippen molar-refractivity contribution in [3.05, 3.63) is 47.2 Å². The molecule has 2 heterocycles. The number of fused-ring (bicyclic) bond motifs is 1. The maximum atomic E-state index is 12.2. The van der Waals surface area contributed by atoms with E-state index in [1.807, 2.05) is 0 Å². The van der Waals surface area contributed by atoms with Crippen LogP contribution in [0.4, 0.5) is 17.2 Å². The zero-order valence-corrected chi connectivity index (χ0v) is 12.3. The van der Waals surface area contributed by atoms with Crippen molar-refractivity contribution < 1.29 is 9.63 Å². The summed E-state index contributed by atoms with van der Waals surface area (Å²) in [4.78, 5) is 21.2. The van der Waals surface area contributed by atoms with Gasteiger partial charge in [0.1, 0.15) is 5.69 Å². The summed E-state index contributed by atoms with van der Waals surface area (Å²) in [7, 11) is 0. The summed E-state index contributed by atoms with van der Waals surface area (Å²) in [5.41, 5.74) is 16.2. The van der Waals surface area contributed by atoms with E-state index in [2.05, 4.69) is 20.7 Å². The minimum atomic E-state index is -0.771.